The Morgan fingerprint density at radius 1 is 1.08 bits per heavy atom. The van der Waals surface area contributed by atoms with E-state index in [1.165, 1.54) is 0 Å². The average molecular weight is 247 g/mol. The molecule has 0 radical (unpaired) electrons. The van der Waals surface area contributed by atoms with Gasteiger partial charge in [0.1, 0.15) is 0 Å². The number of hydrogen-bond acceptors (Lipinski definition) is 2. The number of rotatable bonds is 3. The predicted octanol–water partition coefficient (Wildman–Crippen LogP) is 3.22. The Hall–Kier alpha value is 1.23. The molecule has 0 saturated carbocycles. The van der Waals surface area contributed by atoms with Crippen LogP contribution in [0.1, 0.15) is 0 Å². The summed E-state index contributed by atoms with van der Waals surface area (Å²) in [5, 5.41) is 0. The lowest BCUT2D eigenvalue weighted by atomic mass is 11.8. The maximum absolute atomic E-state index is 5.68. The van der Waals surface area contributed by atoms with Gasteiger partial charge in [0.15, 0.2) is 0 Å². The van der Waals surface area contributed by atoms with Gasteiger partial charge in [0.2, 0.25) is 7.47 Å². The van der Waals surface area contributed by atoms with Gasteiger partial charge >= 0.3 is 0 Å². The van der Waals surface area contributed by atoms with Crippen LogP contribution in [0.3, 0.4) is 0 Å². The Morgan fingerprint density at radius 3 is 1.50 bits per heavy atom. The third kappa shape index (κ3) is 2.38. The SMILES string of the molecule is CO[Si](C)(C)S(C)(C)S(C)(C)S. The monoisotopic (exact) mass is 246 g/mol. The van der Waals surface area contributed by atoms with E-state index in [-0.39, 0.29) is 0 Å². The molecule has 0 aliphatic carbocycles. The summed E-state index contributed by atoms with van der Waals surface area (Å²) >= 11 is 4.76. The quantitative estimate of drug-likeness (QED) is 0.457. The van der Waals surface area contributed by atoms with Crippen molar-refractivity contribution in [1.29, 1.82) is 0 Å². The Bertz CT molecular complexity index is 163. The Morgan fingerprint density at radius 2 is 1.42 bits per heavy atom. The lowest BCUT2D eigenvalue weighted by Crippen LogP contribution is -2.36. The van der Waals surface area contributed by atoms with Crippen LogP contribution in [-0.4, -0.2) is 39.6 Å². The molecule has 0 aromatic rings. The summed E-state index contributed by atoms with van der Waals surface area (Å²) in [6.07, 6.45) is 9.29. The van der Waals surface area contributed by atoms with E-state index in [1.807, 2.05) is 7.11 Å². The molecule has 0 aliphatic heterocycles. The van der Waals surface area contributed by atoms with Crippen molar-refractivity contribution >= 4 is 35.7 Å². The molecule has 0 aliphatic rings. The van der Waals surface area contributed by atoms with Crippen molar-refractivity contribution in [3.8, 4) is 0 Å². The van der Waals surface area contributed by atoms with Crippen molar-refractivity contribution in [3.05, 3.63) is 0 Å². The second kappa shape index (κ2) is 3.77. The van der Waals surface area contributed by atoms with Gasteiger partial charge in [0.25, 0.3) is 0 Å². The van der Waals surface area contributed by atoms with E-state index in [1.54, 1.807) is 0 Å². The first-order valence-corrected chi connectivity index (χ1v) is 13.9. The fraction of sp³-hybridized carbons (Fsp3) is 1.00. The zero-order chi connectivity index (χ0) is 10.2. The Labute approximate surface area is 85.3 Å². The highest BCUT2D eigenvalue weighted by atomic mass is 33.6. The van der Waals surface area contributed by atoms with Crippen molar-refractivity contribution in [3.63, 3.8) is 0 Å². The van der Waals surface area contributed by atoms with E-state index in [2.05, 4.69) is 38.1 Å². The summed E-state index contributed by atoms with van der Waals surface area (Å²) in [5.41, 5.74) is 0. The first-order valence-electron chi connectivity index (χ1n) is 3.80. The minimum absolute atomic E-state index is 0.662. The molecule has 12 heavy (non-hydrogen) atoms. The van der Waals surface area contributed by atoms with E-state index < -0.39 is 24.1 Å². The van der Waals surface area contributed by atoms with Crippen LogP contribution in [0.4, 0.5) is 0 Å². The molecular formula is C7H22OS3Si. The van der Waals surface area contributed by atoms with Gasteiger partial charge in [-0.3, -0.25) is 0 Å². The van der Waals surface area contributed by atoms with Crippen molar-refractivity contribution in [2.75, 3.05) is 32.1 Å². The van der Waals surface area contributed by atoms with Crippen molar-refractivity contribution in [2.24, 2.45) is 0 Å². The Balaban J connectivity index is 4.85. The van der Waals surface area contributed by atoms with Crippen molar-refractivity contribution in [2.45, 2.75) is 13.1 Å². The van der Waals surface area contributed by atoms with Crippen LogP contribution in [0.15, 0.2) is 0 Å². The van der Waals surface area contributed by atoms with E-state index in [0.29, 0.717) is 0 Å². The molecule has 0 fully saturated rings. The molecule has 0 N–H and O–H groups in total. The highest BCUT2D eigenvalue weighted by molar-refractivity contribution is 9.35. The standard InChI is InChI=1S/C7H22OS3Si/c1-8-12(6,7)11(4,5)10(2,3)9/h9H,1-7H3. The first kappa shape index (κ1) is 13.2. The number of thiol groups is 1. The molecule has 0 saturated heterocycles. The van der Waals surface area contributed by atoms with E-state index in [0.717, 1.165) is 0 Å². The lowest BCUT2D eigenvalue weighted by molar-refractivity contribution is 0.423. The smallest absolute Gasteiger partial charge is 0.239 e. The summed E-state index contributed by atoms with van der Waals surface area (Å²) in [7, 11) is -1.07. The summed E-state index contributed by atoms with van der Waals surface area (Å²) in [6.45, 7) is 4.60. The fourth-order valence-electron chi connectivity index (χ4n) is 0.692. The van der Waals surface area contributed by atoms with Crippen LogP contribution < -0.4 is 0 Å². The molecule has 5 heteroatoms. The molecular weight excluding hydrogens is 224 g/mol. The molecule has 0 heterocycles. The van der Waals surface area contributed by atoms with E-state index in [9.17, 15) is 0 Å². The highest BCUT2D eigenvalue weighted by Crippen LogP contribution is 2.80. The maximum Gasteiger partial charge on any atom is 0.239 e. The molecule has 0 bridgehead atoms. The van der Waals surface area contributed by atoms with Crippen LogP contribution in [0.5, 0.6) is 0 Å². The molecule has 0 aromatic heterocycles. The van der Waals surface area contributed by atoms with Crippen molar-refractivity contribution < 1.29 is 4.43 Å². The molecule has 1 nitrogen and oxygen atoms in total. The third-order valence-electron chi connectivity index (χ3n) is 2.70. The van der Waals surface area contributed by atoms with Gasteiger partial charge in [0.05, 0.1) is 0 Å². The summed E-state index contributed by atoms with van der Waals surface area (Å²) in [6, 6.07) is 0. The van der Waals surface area contributed by atoms with Crippen LogP contribution >= 0.6 is 28.3 Å². The minimum atomic E-state index is -1.50. The molecule has 78 valence electrons. The van der Waals surface area contributed by atoms with Crippen LogP contribution in [0.2, 0.25) is 13.1 Å². The van der Waals surface area contributed by atoms with Crippen LogP contribution in [0, 0.1) is 0 Å². The predicted molar refractivity (Wildman–Crippen MR) is 72.4 cm³/mol. The lowest BCUT2D eigenvalue weighted by Gasteiger charge is -2.55. The number of hydrogen-bond donors (Lipinski definition) is 1. The zero-order valence-electron chi connectivity index (χ0n) is 9.17. The van der Waals surface area contributed by atoms with Gasteiger partial charge in [-0.15, -0.1) is 11.7 Å². The molecule has 0 spiro atoms. The maximum atomic E-state index is 5.68. The normalized spacial score (nSPS) is 17.7. The van der Waals surface area contributed by atoms with E-state index >= 15 is 0 Å². The summed E-state index contributed by atoms with van der Waals surface area (Å²) in [4.78, 5) is 0. The topological polar surface area (TPSA) is 9.23 Å². The second-order valence-electron chi connectivity index (χ2n) is 4.02. The molecule has 0 atom stereocenters. The first-order chi connectivity index (χ1) is 5.06. The minimum Gasteiger partial charge on any atom is -0.411 e. The van der Waals surface area contributed by atoms with Crippen LogP contribution in [0.25, 0.3) is 0 Å². The van der Waals surface area contributed by atoms with Gasteiger partial charge in [-0.2, -0.15) is 16.6 Å². The average Bonchev–Trinajstić information content (AvgIpc) is 1.85. The van der Waals surface area contributed by atoms with Gasteiger partial charge < -0.3 is 4.43 Å². The largest absolute Gasteiger partial charge is 0.411 e. The van der Waals surface area contributed by atoms with Crippen LogP contribution in [-0.2, 0) is 4.43 Å². The molecule has 0 rings (SSSR count). The summed E-state index contributed by atoms with van der Waals surface area (Å²) < 4.78 is 5.68. The third-order valence-corrected chi connectivity index (χ3v) is 33.8. The van der Waals surface area contributed by atoms with Gasteiger partial charge in [-0.25, -0.2) is 0 Å². The van der Waals surface area contributed by atoms with Crippen molar-refractivity contribution in [1.82, 2.24) is 0 Å². The van der Waals surface area contributed by atoms with Gasteiger partial charge in [-0.05, 0) is 38.1 Å². The van der Waals surface area contributed by atoms with E-state index in [4.69, 9.17) is 16.1 Å². The Kier molecular flexibility index (Phi) is 4.15. The highest BCUT2D eigenvalue weighted by Gasteiger charge is 2.42. The van der Waals surface area contributed by atoms with Gasteiger partial charge in [0, 0.05) is 7.11 Å². The molecule has 0 aromatic carbocycles. The zero-order valence-corrected chi connectivity index (χ0v) is 12.7. The summed E-state index contributed by atoms with van der Waals surface area (Å²) in [5.74, 6) is 0. The molecule has 0 amide bonds. The fourth-order valence-corrected chi connectivity index (χ4v) is 20.5. The second-order valence-corrected chi connectivity index (χ2v) is 27.4. The molecule has 0 unspecified atom stereocenters. The van der Waals surface area contributed by atoms with Gasteiger partial charge in [-0.1, -0.05) is 0 Å².